The second kappa shape index (κ2) is 8.91. The molecule has 0 aliphatic carbocycles. The van der Waals surface area contributed by atoms with Crippen LogP contribution < -0.4 is 16.5 Å². The number of fused-ring (bicyclic) bond motifs is 2. The lowest BCUT2D eigenvalue weighted by Gasteiger charge is -2.49. The number of hydrazone groups is 1. The highest BCUT2D eigenvalue weighted by Gasteiger charge is 2.54. The number of hydrazine groups is 1. The van der Waals surface area contributed by atoms with Crippen LogP contribution in [0.3, 0.4) is 0 Å². The molecule has 1 aromatic rings. The number of oxime groups is 1. The third-order valence-electron chi connectivity index (χ3n) is 5.30. The van der Waals surface area contributed by atoms with Crippen molar-refractivity contribution in [1.82, 2.24) is 35.0 Å². The van der Waals surface area contributed by atoms with Gasteiger partial charge >= 0.3 is 5.97 Å². The summed E-state index contributed by atoms with van der Waals surface area (Å²) in [7, 11) is 1.25. The third-order valence-corrected chi connectivity index (χ3v) is 7.19. The second-order valence-corrected chi connectivity index (χ2v) is 9.27. The lowest BCUT2D eigenvalue weighted by molar-refractivity contribution is -0.150. The van der Waals surface area contributed by atoms with Crippen LogP contribution in [0, 0.1) is 0 Å². The molecule has 35 heavy (non-hydrogen) atoms. The second-order valence-electron chi connectivity index (χ2n) is 7.38. The summed E-state index contributed by atoms with van der Waals surface area (Å²) in [6.45, 7) is 0.227. The fourth-order valence-electron chi connectivity index (χ4n) is 3.82. The summed E-state index contributed by atoms with van der Waals surface area (Å²) < 4.78 is 3.95. The maximum atomic E-state index is 13.0. The van der Waals surface area contributed by atoms with Crippen LogP contribution in [0.15, 0.2) is 45.7 Å². The van der Waals surface area contributed by atoms with Crippen molar-refractivity contribution in [3.63, 3.8) is 0 Å². The number of hydrogen-bond acceptors (Lipinski definition) is 14. The zero-order valence-electron chi connectivity index (χ0n) is 18.0. The number of carbonyl (C=O) groups is 3. The van der Waals surface area contributed by atoms with Gasteiger partial charge in [-0.15, -0.1) is 16.9 Å². The van der Waals surface area contributed by atoms with Gasteiger partial charge in [-0.2, -0.15) is 14.5 Å². The van der Waals surface area contributed by atoms with Gasteiger partial charge in [0.15, 0.2) is 11.0 Å². The van der Waals surface area contributed by atoms with Crippen LogP contribution in [-0.4, -0.2) is 90.0 Å². The number of aromatic nitrogens is 2. The predicted octanol–water partition coefficient (Wildman–Crippen LogP) is -1.36. The lowest BCUT2D eigenvalue weighted by Crippen LogP contribution is -2.71. The molecular weight excluding hydrogens is 500 g/mol. The molecule has 5 heterocycles. The van der Waals surface area contributed by atoms with Gasteiger partial charge < -0.3 is 25.9 Å². The first-order valence-corrected chi connectivity index (χ1v) is 11.9. The smallest absolute Gasteiger partial charge is 0.352 e. The van der Waals surface area contributed by atoms with Gasteiger partial charge in [0.25, 0.3) is 11.8 Å². The molecule has 0 spiro atoms. The molecule has 4 aliphatic heterocycles. The number of allylic oxidation sites excluding steroid dienone is 2. The van der Waals surface area contributed by atoms with Crippen molar-refractivity contribution in [2.24, 2.45) is 10.3 Å². The highest BCUT2D eigenvalue weighted by atomic mass is 32.2. The van der Waals surface area contributed by atoms with Crippen LogP contribution in [0.2, 0.25) is 0 Å². The average Bonchev–Trinajstić information content (AvgIpc) is 3.46. The molecule has 1 saturated heterocycles. The molecule has 15 nitrogen and oxygen atoms in total. The standard InChI is InChI=1S/C18H18N10O5S2/c1-33-24-10(13-23-18(19)35-25-13)14(29)22-11-15(30)27-12(17(31)32)8(6-34-16(11)27)5-26-7-21-28-9(26)3-2-4-20-28/h2-4,7,11,16,20H,5-6H2,1H3,(H,22,29)(H,31,32)(H2,19,23,25)/b24-10-/t11?,16-/m0/s1. The maximum Gasteiger partial charge on any atom is 0.352 e. The highest BCUT2D eigenvalue weighted by molar-refractivity contribution is 8.00. The zero-order chi connectivity index (χ0) is 24.7. The van der Waals surface area contributed by atoms with E-state index in [9.17, 15) is 19.5 Å². The Morgan fingerprint density at radius 3 is 3.00 bits per heavy atom. The Labute approximate surface area is 205 Å². The van der Waals surface area contributed by atoms with Gasteiger partial charge in [-0.05, 0) is 17.7 Å². The van der Waals surface area contributed by atoms with Crippen LogP contribution in [0.1, 0.15) is 5.82 Å². The molecule has 0 aromatic carbocycles. The number of aliphatic carboxylic acids is 1. The molecule has 5 N–H and O–H groups in total. The van der Waals surface area contributed by atoms with Gasteiger partial charge in [0, 0.05) is 30.0 Å². The first-order valence-electron chi connectivity index (χ1n) is 10.0. The van der Waals surface area contributed by atoms with E-state index in [1.165, 1.54) is 23.8 Å². The fourth-order valence-corrected chi connectivity index (χ4v) is 5.59. The third kappa shape index (κ3) is 3.93. The minimum Gasteiger partial charge on any atom is -0.477 e. The Bertz CT molecular complexity index is 1250. The molecule has 182 valence electrons. The number of nitrogens with one attached hydrogen (secondary N) is 2. The number of carboxylic acids is 1. The van der Waals surface area contributed by atoms with E-state index in [2.05, 4.69) is 30.4 Å². The number of carboxylic acid groups (broad SMARTS) is 1. The lowest BCUT2D eigenvalue weighted by atomic mass is 10.0. The quantitative estimate of drug-likeness (QED) is 0.189. The van der Waals surface area contributed by atoms with E-state index in [1.807, 2.05) is 6.08 Å². The zero-order valence-corrected chi connectivity index (χ0v) is 19.6. The van der Waals surface area contributed by atoms with Crippen molar-refractivity contribution in [2.75, 3.05) is 25.1 Å². The van der Waals surface area contributed by atoms with Crippen LogP contribution in [0.5, 0.6) is 0 Å². The monoisotopic (exact) mass is 518 g/mol. The van der Waals surface area contributed by atoms with E-state index in [1.54, 1.807) is 28.6 Å². The molecule has 0 bridgehead atoms. The minimum atomic E-state index is -1.23. The molecule has 1 fully saturated rings. The molecule has 17 heteroatoms. The topological polar surface area (TPSA) is 191 Å². The summed E-state index contributed by atoms with van der Waals surface area (Å²) >= 11 is 2.23. The van der Waals surface area contributed by atoms with Gasteiger partial charge in [0.2, 0.25) is 11.5 Å². The number of carbonyl (C=O) groups excluding carboxylic acids is 2. The summed E-state index contributed by atoms with van der Waals surface area (Å²) in [6.07, 6.45) is 6.91. The first kappa shape index (κ1) is 22.7. The van der Waals surface area contributed by atoms with E-state index in [0.717, 1.165) is 17.4 Å². The van der Waals surface area contributed by atoms with Crippen LogP contribution in [0.4, 0.5) is 5.13 Å². The minimum absolute atomic E-state index is 0.0390. The van der Waals surface area contributed by atoms with E-state index >= 15 is 0 Å². The van der Waals surface area contributed by atoms with Crippen molar-refractivity contribution < 1.29 is 24.3 Å². The summed E-state index contributed by atoms with van der Waals surface area (Å²) in [6, 6.07) is -0.958. The molecule has 2 atom stereocenters. The summed E-state index contributed by atoms with van der Waals surface area (Å²) in [5.74, 6) is -1.50. The molecule has 0 saturated carbocycles. The molecule has 4 aliphatic rings. The van der Waals surface area contributed by atoms with E-state index in [0.29, 0.717) is 11.3 Å². The number of thioether (sulfide) groups is 1. The average molecular weight is 519 g/mol. The van der Waals surface area contributed by atoms with Gasteiger partial charge in [0.05, 0.1) is 0 Å². The first-order chi connectivity index (χ1) is 16.9. The largest absolute Gasteiger partial charge is 0.477 e. The number of nitrogens with zero attached hydrogens (tertiary/aromatic N) is 7. The number of β-lactam (4-membered cyclic amide) rings is 1. The van der Waals surface area contributed by atoms with Gasteiger partial charge in [-0.1, -0.05) is 5.16 Å². The molecule has 1 unspecified atom stereocenters. The van der Waals surface area contributed by atoms with Crippen LogP contribution in [-0.2, 0) is 19.2 Å². The van der Waals surface area contributed by atoms with Crippen molar-refractivity contribution >= 4 is 58.3 Å². The normalized spacial score (nSPS) is 22.9. The van der Waals surface area contributed by atoms with Crippen molar-refractivity contribution in [3.8, 4) is 0 Å². The number of rotatable bonds is 7. The van der Waals surface area contributed by atoms with E-state index in [-0.39, 0.29) is 28.9 Å². The molecular formula is C18H18N10O5S2. The summed E-state index contributed by atoms with van der Waals surface area (Å²) in [4.78, 5) is 49.6. The van der Waals surface area contributed by atoms with Gasteiger partial charge in [-0.25, -0.2) is 4.79 Å². The number of amides is 2. The number of hydrogen-bond donors (Lipinski definition) is 4. The fraction of sp³-hybridized carbons (Fsp3) is 0.278. The number of nitrogens with two attached hydrogens (primary N) is 1. The van der Waals surface area contributed by atoms with Crippen LogP contribution >= 0.6 is 23.3 Å². The van der Waals surface area contributed by atoms with Gasteiger partial charge in [0.1, 0.15) is 30.6 Å². The van der Waals surface area contributed by atoms with Crippen LogP contribution in [0.25, 0.3) is 0 Å². The summed E-state index contributed by atoms with van der Waals surface area (Å²) in [5.41, 5.74) is 8.72. The molecule has 0 radical (unpaired) electrons. The highest BCUT2D eigenvalue weighted by Crippen LogP contribution is 2.41. The molecule has 5 rings (SSSR count). The van der Waals surface area contributed by atoms with Crippen molar-refractivity contribution in [1.29, 1.82) is 0 Å². The Balaban J connectivity index is 1.33. The number of nitrogen functional groups attached to an aromatic ring is 1. The van der Waals surface area contributed by atoms with E-state index in [4.69, 9.17) is 10.6 Å². The van der Waals surface area contributed by atoms with Crippen molar-refractivity contribution in [2.45, 2.75) is 11.4 Å². The molecule has 2 amide bonds. The van der Waals surface area contributed by atoms with Gasteiger partial charge in [-0.3, -0.25) is 19.9 Å². The van der Waals surface area contributed by atoms with E-state index < -0.39 is 29.2 Å². The number of anilines is 1. The SMILES string of the molecule is CO/N=C(\C(=O)NC1C(=O)N2C(C(=O)O)=C(CN3C=NN4NC=CC=C34)CS[C@@H]12)c1nsc(N)n1. The Hall–Kier alpha value is -4.12. The molecule has 1 aromatic heterocycles. The Morgan fingerprint density at radius 2 is 2.29 bits per heavy atom. The summed E-state index contributed by atoms with van der Waals surface area (Å²) in [5, 5.41) is 21.4. The maximum absolute atomic E-state index is 13.0. The Kier molecular flexibility index (Phi) is 5.77. The Morgan fingerprint density at radius 1 is 1.46 bits per heavy atom. The predicted molar refractivity (Wildman–Crippen MR) is 125 cm³/mol. The van der Waals surface area contributed by atoms with Crippen molar-refractivity contribution in [3.05, 3.63) is 41.3 Å².